The number of aromatic nitrogens is 2. The van der Waals surface area contributed by atoms with Crippen LogP contribution in [0.25, 0.3) is 0 Å². The molecule has 0 spiro atoms. The molecule has 20 heavy (non-hydrogen) atoms. The third-order valence-corrected chi connectivity index (χ3v) is 5.13. The molecular weight excluding hydrogens is 338 g/mol. The van der Waals surface area contributed by atoms with Gasteiger partial charge in [-0.2, -0.15) is 5.10 Å². The summed E-state index contributed by atoms with van der Waals surface area (Å²) in [5, 5.41) is 4.32. The summed E-state index contributed by atoms with van der Waals surface area (Å²) in [5.74, 6) is 1.77. The normalized spacial score (nSPS) is 19.2. The minimum atomic E-state index is -0.201. The van der Waals surface area contributed by atoms with E-state index in [9.17, 15) is 0 Å². The van der Waals surface area contributed by atoms with Crippen molar-refractivity contribution in [2.24, 2.45) is 5.73 Å². The summed E-state index contributed by atoms with van der Waals surface area (Å²) in [6.07, 6.45) is 1.75. The van der Waals surface area contributed by atoms with Crippen LogP contribution in [0.4, 0.5) is 0 Å². The Morgan fingerprint density at radius 2 is 2.35 bits per heavy atom. The van der Waals surface area contributed by atoms with E-state index < -0.39 is 0 Å². The first-order valence-electron chi connectivity index (χ1n) is 6.56. The number of halogens is 1. The molecule has 0 aliphatic carbocycles. The van der Waals surface area contributed by atoms with Gasteiger partial charge in [-0.1, -0.05) is 12.1 Å². The number of aryl methyl sites for hydroxylation is 1. The van der Waals surface area contributed by atoms with Crippen molar-refractivity contribution in [3.05, 3.63) is 40.6 Å². The van der Waals surface area contributed by atoms with Gasteiger partial charge in [-0.15, -0.1) is 11.8 Å². The highest BCUT2D eigenvalue weighted by atomic mass is 79.9. The van der Waals surface area contributed by atoms with Crippen LogP contribution in [0.15, 0.2) is 39.8 Å². The Morgan fingerprint density at radius 3 is 3.15 bits per heavy atom. The van der Waals surface area contributed by atoms with Gasteiger partial charge in [-0.3, -0.25) is 4.68 Å². The maximum atomic E-state index is 6.42. The van der Waals surface area contributed by atoms with Crippen molar-refractivity contribution in [2.45, 2.75) is 30.5 Å². The van der Waals surface area contributed by atoms with Crippen LogP contribution in [-0.2, 0) is 6.54 Å². The fourth-order valence-corrected chi connectivity index (χ4v) is 3.96. The lowest BCUT2D eigenvalue weighted by molar-refractivity contribution is 0.181. The van der Waals surface area contributed by atoms with E-state index in [1.165, 1.54) is 4.90 Å². The Balaban J connectivity index is 1.85. The number of hydrogen-bond acceptors (Lipinski definition) is 4. The molecule has 1 aromatic carbocycles. The molecule has 106 valence electrons. The number of benzene rings is 1. The fraction of sp³-hybridized carbons (Fsp3) is 0.357. The van der Waals surface area contributed by atoms with Gasteiger partial charge in [0.1, 0.15) is 11.9 Å². The third kappa shape index (κ3) is 2.47. The molecule has 0 saturated carbocycles. The Kier molecular flexibility index (Phi) is 4.05. The smallest absolute Gasteiger partial charge is 0.133 e. The Hall–Kier alpha value is -0.980. The largest absolute Gasteiger partial charge is 0.486 e. The number of rotatable bonds is 3. The first-order chi connectivity index (χ1) is 9.70. The van der Waals surface area contributed by atoms with Crippen LogP contribution in [-0.4, -0.2) is 21.6 Å². The molecule has 0 fully saturated rings. The molecule has 1 aliphatic rings. The number of nitrogens with two attached hydrogens (primary N) is 1. The van der Waals surface area contributed by atoms with E-state index in [4.69, 9.17) is 10.5 Å². The van der Waals surface area contributed by atoms with Crippen molar-refractivity contribution in [3.8, 4) is 5.75 Å². The molecule has 0 radical (unpaired) electrons. The summed E-state index contributed by atoms with van der Waals surface area (Å²) in [6, 6.07) is 7.88. The van der Waals surface area contributed by atoms with E-state index in [-0.39, 0.29) is 12.1 Å². The summed E-state index contributed by atoms with van der Waals surface area (Å²) < 4.78 is 8.93. The predicted molar refractivity (Wildman–Crippen MR) is 84.1 cm³/mol. The van der Waals surface area contributed by atoms with Gasteiger partial charge in [0.15, 0.2) is 0 Å². The quantitative estimate of drug-likeness (QED) is 0.920. The molecule has 2 heterocycles. The second kappa shape index (κ2) is 5.79. The van der Waals surface area contributed by atoms with Crippen molar-refractivity contribution >= 4 is 27.7 Å². The molecule has 2 atom stereocenters. The highest BCUT2D eigenvalue weighted by molar-refractivity contribution is 9.10. The number of ether oxygens (including phenoxy) is 1. The van der Waals surface area contributed by atoms with Gasteiger partial charge in [-0.05, 0) is 35.0 Å². The maximum absolute atomic E-state index is 6.42. The van der Waals surface area contributed by atoms with Gasteiger partial charge in [-0.25, -0.2) is 0 Å². The van der Waals surface area contributed by atoms with Crippen LogP contribution in [0.1, 0.15) is 18.7 Å². The zero-order valence-electron chi connectivity index (χ0n) is 11.1. The SMILES string of the molecule is CCn1ncc(Br)c1C(N)C1CSc2ccccc2O1. The topological polar surface area (TPSA) is 53.1 Å². The molecule has 1 aromatic heterocycles. The van der Waals surface area contributed by atoms with Crippen LogP contribution in [0.3, 0.4) is 0 Å². The molecule has 0 amide bonds. The molecule has 2 aromatic rings. The lowest BCUT2D eigenvalue weighted by atomic mass is 10.1. The first kappa shape index (κ1) is 14.0. The molecular formula is C14H16BrN3OS. The van der Waals surface area contributed by atoms with Gasteiger partial charge in [0.2, 0.25) is 0 Å². The van der Waals surface area contributed by atoms with Crippen LogP contribution in [0.2, 0.25) is 0 Å². The van der Waals surface area contributed by atoms with Crippen molar-refractivity contribution in [1.29, 1.82) is 0 Å². The maximum Gasteiger partial charge on any atom is 0.133 e. The number of thioether (sulfide) groups is 1. The third-order valence-electron chi connectivity index (χ3n) is 3.38. The van der Waals surface area contributed by atoms with E-state index in [0.29, 0.717) is 0 Å². The second-order valence-electron chi connectivity index (χ2n) is 4.63. The van der Waals surface area contributed by atoms with Gasteiger partial charge in [0.25, 0.3) is 0 Å². The van der Waals surface area contributed by atoms with E-state index in [0.717, 1.165) is 28.2 Å². The Morgan fingerprint density at radius 1 is 1.55 bits per heavy atom. The molecule has 3 rings (SSSR count). The average molecular weight is 354 g/mol. The van der Waals surface area contributed by atoms with Crippen molar-refractivity contribution < 1.29 is 4.74 Å². The Bertz CT molecular complexity index is 616. The van der Waals surface area contributed by atoms with E-state index in [1.54, 1.807) is 18.0 Å². The summed E-state index contributed by atoms with van der Waals surface area (Å²) >= 11 is 5.32. The number of nitrogens with zero attached hydrogens (tertiary/aromatic N) is 2. The number of fused-ring (bicyclic) bond motifs is 1. The fourth-order valence-electron chi connectivity index (χ4n) is 2.34. The zero-order valence-corrected chi connectivity index (χ0v) is 13.5. The summed E-state index contributed by atoms with van der Waals surface area (Å²) in [7, 11) is 0. The molecule has 6 heteroatoms. The summed E-state index contributed by atoms with van der Waals surface area (Å²) in [6.45, 7) is 2.85. The standard InChI is InChI=1S/C14H16BrN3OS/c1-2-18-14(9(15)7-17-18)13(16)11-8-20-12-6-4-3-5-10(12)19-11/h3-7,11,13H,2,8,16H2,1H3. The number of para-hydroxylation sites is 1. The van der Waals surface area contributed by atoms with Crippen LogP contribution < -0.4 is 10.5 Å². The van der Waals surface area contributed by atoms with Crippen LogP contribution in [0, 0.1) is 0 Å². The molecule has 2 N–H and O–H groups in total. The summed E-state index contributed by atoms with van der Waals surface area (Å²) in [5.41, 5.74) is 7.42. The van der Waals surface area contributed by atoms with Crippen LogP contribution in [0.5, 0.6) is 5.75 Å². The van der Waals surface area contributed by atoms with Crippen molar-refractivity contribution in [3.63, 3.8) is 0 Å². The predicted octanol–water partition coefficient (Wildman–Crippen LogP) is 3.22. The van der Waals surface area contributed by atoms with Gasteiger partial charge >= 0.3 is 0 Å². The molecule has 1 aliphatic heterocycles. The van der Waals surface area contributed by atoms with E-state index in [2.05, 4.69) is 34.0 Å². The molecule has 0 saturated heterocycles. The Labute approximate surface area is 130 Å². The highest BCUT2D eigenvalue weighted by Gasteiger charge is 2.30. The number of hydrogen-bond donors (Lipinski definition) is 1. The lowest BCUT2D eigenvalue weighted by Gasteiger charge is -2.30. The highest BCUT2D eigenvalue weighted by Crippen LogP contribution is 2.38. The molecule has 2 unspecified atom stereocenters. The van der Waals surface area contributed by atoms with Gasteiger partial charge < -0.3 is 10.5 Å². The van der Waals surface area contributed by atoms with Crippen molar-refractivity contribution in [2.75, 3.05) is 5.75 Å². The monoisotopic (exact) mass is 353 g/mol. The zero-order chi connectivity index (χ0) is 14.1. The molecule has 0 bridgehead atoms. The molecule has 4 nitrogen and oxygen atoms in total. The van der Waals surface area contributed by atoms with Gasteiger partial charge in [0, 0.05) is 17.2 Å². The minimum absolute atomic E-state index is 0.0480. The van der Waals surface area contributed by atoms with Gasteiger partial charge in [0.05, 0.1) is 22.4 Å². The average Bonchev–Trinajstić information content (AvgIpc) is 2.87. The summed E-state index contributed by atoms with van der Waals surface area (Å²) in [4.78, 5) is 1.18. The van der Waals surface area contributed by atoms with Crippen LogP contribution >= 0.6 is 27.7 Å². The first-order valence-corrected chi connectivity index (χ1v) is 8.33. The lowest BCUT2D eigenvalue weighted by Crippen LogP contribution is -2.37. The second-order valence-corrected chi connectivity index (χ2v) is 6.55. The van der Waals surface area contributed by atoms with E-state index in [1.807, 2.05) is 22.9 Å². The van der Waals surface area contributed by atoms with E-state index >= 15 is 0 Å². The minimum Gasteiger partial charge on any atom is -0.486 e. The van der Waals surface area contributed by atoms with Crippen molar-refractivity contribution in [1.82, 2.24) is 9.78 Å².